The molecule has 6 nitrogen and oxygen atoms in total. The molecule has 0 bridgehead atoms. The van der Waals surface area contributed by atoms with Gasteiger partial charge < -0.3 is 18.6 Å². The van der Waals surface area contributed by atoms with Gasteiger partial charge in [0.15, 0.2) is 11.2 Å². The molecule has 0 unspecified atom stereocenters. The average molecular weight is 991 g/mol. The van der Waals surface area contributed by atoms with Crippen molar-refractivity contribution in [2.24, 2.45) is 0 Å². The fourth-order valence-electron chi connectivity index (χ4n) is 11.1. The van der Waals surface area contributed by atoms with Crippen LogP contribution in [0.3, 0.4) is 0 Å². The minimum absolute atomic E-state index is 0.339. The number of para-hydroxylation sites is 4. The first-order chi connectivity index (χ1) is 37.9. The van der Waals surface area contributed by atoms with Gasteiger partial charge in [-0.25, -0.2) is 9.97 Å². The lowest BCUT2D eigenvalue weighted by Gasteiger charge is -2.29. The van der Waals surface area contributed by atoms with Gasteiger partial charge >= 0.3 is 0 Å². The van der Waals surface area contributed by atoms with Crippen molar-refractivity contribution in [3.05, 3.63) is 278 Å². The molecule has 1 aliphatic carbocycles. The van der Waals surface area contributed by atoms with Crippen molar-refractivity contribution in [2.45, 2.75) is 19.3 Å². The number of hydrogen-bond donors (Lipinski definition) is 0. The molecule has 0 N–H and O–H groups in total. The van der Waals surface area contributed by atoms with Crippen LogP contribution in [-0.2, 0) is 5.41 Å². The van der Waals surface area contributed by atoms with Gasteiger partial charge in [0, 0.05) is 50.7 Å². The van der Waals surface area contributed by atoms with E-state index in [0.29, 0.717) is 11.8 Å². The Hall–Kier alpha value is -10.0. The first-order valence-electron chi connectivity index (χ1n) is 26.1. The van der Waals surface area contributed by atoms with E-state index in [1.54, 1.807) is 0 Å². The lowest BCUT2D eigenvalue weighted by Crippen LogP contribution is -2.17. The summed E-state index contributed by atoms with van der Waals surface area (Å²) in [4.78, 5) is 14.3. The lowest BCUT2D eigenvalue weighted by molar-refractivity contribution is 0.619. The second-order valence-corrected chi connectivity index (χ2v) is 20.2. The highest BCUT2D eigenvalue weighted by Crippen LogP contribution is 2.53. The fourth-order valence-corrected chi connectivity index (χ4v) is 11.1. The Labute approximate surface area is 447 Å². The molecule has 0 atom stereocenters. The smallest absolute Gasteiger partial charge is 0.227 e. The van der Waals surface area contributed by atoms with Crippen LogP contribution in [0.25, 0.3) is 89.6 Å². The maximum absolute atomic E-state index is 6.21. The highest BCUT2D eigenvalue weighted by molar-refractivity contribution is 5.90. The summed E-state index contributed by atoms with van der Waals surface area (Å²) in [5, 5.41) is 0. The monoisotopic (exact) mass is 990 g/mol. The number of fused-ring (bicyclic) bond motifs is 5. The van der Waals surface area contributed by atoms with Crippen LogP contribution in [0.5, 0.6) is 0 Å². The zero-order valence-electron chi connectivity index (χ0n) is 42.5. The van der Waals surface area contributed by atoms with Gasteiger partial charge in [-0.15, -0.1) is 0 Å². The Kier molecular flexibility index (Phi) is 11.1. The topological polar surface area (TPSA) is 58.5 Å². The molecule has 0 aliphatic heterocycles. The van der Waals surface area contributed by atoms with E-state index in [1.807, 2.05) is 48.5 Å². The predicted molar refractivity (Wildman–Crippen MR) is 316 cm³/mol. The standard InChI is InChI=1S/C71H50N4O2/c1-71(2)63-45-59(74(55-33-25-51(26-34-55)48-15-7-4-8-16-48)57-37-29-53(30-38-57)69-72-65-17-9-11-19-67(65)76-69)41-43-61(63)62-44-42-60(46-64(62)71)75(58-39-31-54(32-40-58)70-73-66-18-10-12-20-68(66)77-70)56-35-27-52(28-36-56)50-23-21-49(22-24-50)47-13-5-3-6-14-47/h3-46H,1-2H3. The molecule has 11 aromatic carbocycles. The molecule has 0 fully saturated rings. The van der Waals surface area contributed by atoms with Crippen LogP contribution in [0.2, 0.25) is 0 Å². The SMILES string of the molecule is CC1(C)c2cc(N(c3ccc(-c4ccccc4)cc3)c3ccc(-c4nc5ccccc5o4)cc3)ccc2-c2ccc(N(c3ccc(-c4ccc(-c5ccccc5)cc4)cc3)c3ccc(-c4nc5ccccc5o4)cc3)cc21. The van der Waals surface area contributed by atoms with Crippen molar-refractivity contribution >= 4 is 56.3 Å². The summed E-state index contributed by atoms with van der Waals surface area (Å²) in [7, 11) is 0. The van der Waals surface area contributed by atoms with Crippen molar-refractivity contribution in [3.8, 4) is 67.4 Å². The third-order valence-corrected chi connectivity index (χ3v) is 15.2. The van der Waals surface area contributed by atoms with E-state index < -0.39 is 0 Å². The highest BCUT2D eigenvalue weighted by atomic mass is 16.4. The zero-order chi connectivity index (χ0) is 51.5. The molecule has 2 heterocycles. The molecule has 6 heteroatoms. The zero-order valence-corrected chi connectivity index (χ0v) is 42.5. The second-order valence-electron chi connectivity index (χ2n) is 20.2. The van der Waals surface area contributed by atoms with Crippen LogP contribution < -0.4 is 9.80 Å². The number of nitrogens with zero attached hydrogens (tertiary/aromatic N) is 4. The number of oxazole rings is 2. The molecule has 0 amide bonds. The van der Waals surface area contributed by atoms with Crippen molar-refractivity contribution < 1.29 is 8.83 Å². The Morgan fingerprint density at radius 3 is 0.922 bits per heavy atom. The van der Waals surface area contributed by atoms with E-state index in [9.17, 15) is 0 Å². The number of aromatic nitrogens is 2. The summed E-state index contributed by atoms with van der Waals surface area (Å²) in [6.07, 6.45) is 0. The van der Waals surface area contributed by atoms with Gasteiger partial charge in [-0.2, -0.15) is 0 Å². The molecule has 1 aliphatic rings. The first-order valence-corrected chi connectivity index (χ1v) is 26.1. The molecule has 14 rings (SSSR count). The van der Waals surface area contributed by atoms with Crippen LogP contribution in [0.4, 0.5) is 34.1 Å². The molecule has 77 heavy (non-hydrogen) atoms. The average Bonchev–Trinajstić information content (AvgIpc) is 4.22. The molecular weight excluding hydrogens is 941 g/mol. The van der Waals surface area contributed by atoms with E-state index in [2.05, 4.69) is 242 Å². The molecule has 13 aromatic rings. The Morgan fingerprint density at radius 2 is 0.571 bits per heavy atom. The Morgan fingerprint density at radius 1 is 0.286 bits per heavy atom. The molecular formula is C71H50N4O2. The predicted octanol–water partition coefficient (Wildman–Crippen LogP) is 19.5. The van der Waals surface area contributed by atoms with Crippen molar-refractivity contribution in [2.75, 3.05) is 9.80 Å². The van der Waals surface area contributed by atoms with E-state index in [-0.39, 0.29) is 5.41 Å². The van der Waals surface area contributed by atoms with Gasteiger partial charge in [0.2, 0.25) is 11.8 Å². The Bertz CT molecular complexity index is 4190. The van der Waals surface area contributed by atoms with Gasteiger partial charge in [0.05, 0.1) is 0 Å². The number of benzene rings is 11. The summed E-state index contributed by atoms with van der Waals surface area (Å²) in [5.41, 5.74) is 23.1. The minimum atomic E-state index is -0.339. The van der Waals surface area contributed by atoms with Crippen molar-refractivity contribution in [1.82, 2.24) is 9.97 Å². The second kappa shape index (κ2) is 18.7. The van der Waals surface area contributed by atoms with Gasteiger partial charge in [-0.05, 0) is 177 Å². The molecule has 366 valence electrons. The largest absolute Gasteiger partial charge is 0.436 e. The van der Waals surface area contributed by atoms with E-state index in [0.717, 1.165) is 73.0 Å². The molecule has 2 aromatic heterocycles. The third-order valence-electron chi connectivity index (χ3n) is 15.2. The van der Waals surface area contributed by atoms with Gasteiger partial charge in [0.25, 0.3) is 0 Å². The molecule has 0 radical (unpaired) electrons. The maximum atomic E-state index is 6.21. The normalized spacial score (nSPS) is 12.4. The number of rotatable bonds is 11. The molecule has 0 saturated heterocycles. The van der Waals surface area contributed by atoms with Gasteiger partial charge in [-0.3, -0.25) is 0 Å². The summed E-state index contributed by atoms with van der Waals surface area (Å²) in [5.74, 6) is 1.20. The molecule has 0 spiro atoms. The summed E-state index contributed by atoms with van der Waals surface area (Å²) in [6, 6.07) is 94.5. The third kappa shape index (κ3) is 8.33. The van der Waals surface area contributed by atoms with Crippen LogP contribution in [-0.4, -0.2) is 9.97 Å². The summed E-state index contributed by atoms with van der Waals surface area (Å²) in [6.45, 7) is 4.72. The summed E-state index contributed by atoms with van der Waals surface area (Å²) < 4.78 is 12.4. The minimum Gasteiger partial charge on any atom is -0.436 e. The summed E-state index contributed by atoms with van der Waals surface area (Å²) >= 11 is 0. The van der Waals surface area contributed by atoms with E-state index in [4.69, 9.17) is 18.8 Å². The quantitative estimate of drug-likeness (QED) is 0.129. The van der Waals surface area contributed by atoms with Crippen molar-refractivity contribution in [1.29, 1.82) is 0 Å². The lowest BCUT2D eigenvalue weighted by atomic mass is 9.82. The Balaban J connectivity index is 0.826. The van der Waals surface area contributed by atoms with E-state index >= 15 is 0 Å². The van der Waals surface area contributed by atoms with Gasteiger partial charge in [0.1, 0.15) is 11.0 Å². The maximum Gasteiger partial charge on any atom is 0.227 e. The first kappa shape index (κ1) is 45.6. The highest BCUT2D eigenvalue weighted by Gasteiger charge is 2.37. The van der Waals surface area contributed by atoms with Crippen molar-refractivity contribution in [3.63, 3.8) is 0 Å². The van der Waals surface area contributed by atoms with Gasteiger partial charge in [-0.1, -0.05) is 159 Å². The van der Waals surface area contributed by atoms with E-state index in [1.165, 1.54) is 50.1 Å². The van der Waals surface area contributed by atoms with Crippen LogP contribution in [0.15, 0.2) is 276 Å². The van der Waals surface area contributed by atoms with Crippen LogP contribution >= 0.6 is 0 Å². The number of hydrogen-bond acceptors (Lipinski definition) is 6. The molecule has 0 saturated carbocycles. The number of anilines is 6. The fraction of sp³-hybridized carbons (Fsp3) is 0.0423. The van der Waals surface area contributed by atoms with Crippen LogP contribution in [0.1, 0.15) is 25.0 Å². The van der Waals surface area contributed by atoms with Crippen LogP contribution in [0, 0.1) is 0 Å².